The SMILES string of the molecule is c1ccc2c(c1)oc1c2cc2c3cc4c(cc3n3c5ccc6oc7ccccc7c6c5c1c23)c1cccc2c3c5c(ccc3n4c12)oc1ccccc15. The molecule has 7 heterocycles. The van der Waals surface area contributed by atoms with Crippen LogP contribution in [0.4, 0.5) is 0 Å². The molecule has 242 valence electrons. The van der Waals surface area contributed by atoms with Crippen LogP contribution in [0.25, 0.3) is 142 Å². The van der Waals surface area contributed by atoms with Crippen molar-refractivity contribution in [2.75, 3.05) is 0 Å². The van der Waals surface area contributed by atoms with Gasteiger partial charge in [0.15, 0.2) is 0 Å². The molecule has 0 unspecified atom stereocenters. The molecule has 0 aliphatic rings. The summed E-state index contributed by atoms with van der Waals surface area (Å²) >= 11 is 0. The summed E-state index contributed by atoms with van der Waals surface area (Å²) in [5.74, 6) is 0. The van der Waals surface area contributed by atoms with Gasteiger partial charge in [0.25, 0.3) is 0 Å². The van der Waals surface area contributed by atoms with Gasteiger partial charge >= 0.3 is 0 Å². The molecule has 0 radical (unpaired) electrons. The van der Waals surface area contributed by atoms with E-state index in [9.17, 15) is 0 Å². The van der Waals surface area contributed by atoms with Gasteiger partial charge in [-0.3, -0.25) is 0 Å². The van der Waals surface area contributed by atoms with Gasteiger partial charge in [-0.05, 0) is 60.7 Å². The molecule has 7 aromatic heterocycles. The molecule has 0 amide bonds. The summed E-state index contributed by atoms with van der Waals surface area (Å²) in [4.78, 5) is 0. The van der Waals surface area contributed by atoms with Crippen molar-refractivity contribution in [1.29, 1.82) is 0 Å². The van der Waals surface area contributed by atoms with Crippen molar-refractivity contribution < 1.29 is 13.3 Å². The van der Waals surface area contributed by atoms with E-state index in [1.165, 1.54) is 70.7 Å². The fraction of sp³-hybridized carbons (Fsp3) is 0. The third-order valence-corrected chi connectivity index (χ3v) is 12.3. The second-order valence-electron chi connectivity index (χ2n) is 14.7. The standard InChI is InChI=1S/C48H22N2O3/c1-4-13-36-23(8-1)31-20-30-29-22-34-28(24-11-7-12-27-41-32(49(34)46(24)27)16-18-39-42(41)25-9-2-5-14-37(25)51-39)21-35(29)50-33-17-19-40-43(26-10-3-6-15-38(26)52-40)44(33)45(47(30)50)48(31)53-36/h1-22H. The Morgan fingerprint density at radius 3 is 1.55 bits per heavy atom. The van der Waals surface area contributed by atoms with Crippen LogP contribution in [0.3, 0.4) is 0 Å². The summed E-state index contributed by atoms with van der Waals surface area (Å²) in [7, 11) is 0. The highest BCUT2D eigenvalue weighted by molar-refractivity contribution is 6.39. The van der Waals surface area contributed by atoms with Crippen LogP contribution in [0.2, 0.25) is 0 Å². The maximum Gasteiger partial charge on any atom is 0.145 e. The van der Waals surface area contributed by atoms with Crippen molar-refractivity contribution in [2.45, 2.75) is 0 Å². The lowest BCUT2D eigenvalue weighted by Crippen LogP contribution is -1.83. The highest BCUT2D eigenvalue weighted by atomic mass is 16.3. The summed E-state index contributed by atoms with van der Waals surface area (Å²) < 4.78 is 24.6. The molecule has 0 bridgehead atoms. The first-order chi connectivity index (χ1) is 26.3. The van der Waals surface area contributed by atoms with Gasteiger partial charge in [0.1, 0.15) is 33.5 Å². The lowest BCUT2D eigenvalue weighted by molar-refractivity contribution is 0.669. The zero-order valence-corrected chi connectivity index (χ0v) is 27.8. The summed E-state index contributed by atoms with van der Waals surface area (Å²) in [5.41, 5.74) is 12.6. The minimum Gasteiger partial charge on any atom is -0.456 e. The van der Waals surface area contributed by atoms with Gasteiger partial charge in [-0.15, -0.1) is 0 Å². The first-order valence-corrected chi connectivity index (χ1v) is 18.1. The van der Waals surface area contributed by atoms with Gasteiger partial charge in [0.2, 0.25) is 0 Å². The van der Waals surface area contributed by atoms with E-state index in [1.807, 2.05) is 12.1 Å². The Labute approximate surface area is 296 Å². The molecule has 0 spiro atoms. The van der Waals surface area contributed by atoms with Crippen molar-refractivity contribution in [3.05, 3.63) is 133 Å². The summed E-state index contributed by atoms with van der Waals surface area (Å²) in [6, 6.07) is 48.0. The van der Waals surface area contributed by atoms with Crippen LogP contribution >= 0.6 is 0 Å². The number of benzene rings is 8. The Morgan fingerprint density at radius 1 is 0.283 bits per heavy atom. The van der Waals surface area contributed by atoms with Gasteiger partial charge in [-0.25, -0.2) is 0 Å². The van der Waals surface area contributed by atoms with E-state index >= 15 is 0 Å². The number of nitrogens with zero attached hydrogens (tertiary/aromatic N) is 2. The van der Waals surface area contributed by atoms with Crippen LogP contribution in [0.5, 0.6) is 0 Å². The zero-order valence-electron chi connectivity index (χ0n) is 27.8. The van der Waals surface area contributed by atoms with Crippen LogP contribution in [-0.2, 0) is 0 Å². The van der Waals surface area contributed by atoms with E-state index in [2.05, 4.69) is 130 Å². The summed E-state index contributed by atoms with van der Waals surface area (Å²) in [5, 5.41) is 16.6. The lowest BCUT2D eigenvalue weighted by Gasteiger charge is -2.03. The van der Waals surface area contributed by atoms with Gasteiger partial charge in [-0.2, -0.15) is 0 Å². The second-order valence-corrected chi connectivity index (χ2v) is 14.7. The number of para-hydroxylation sites is 4. The van der Waals surface area contributed by atoms with Crippen molar-refractivity contribution in [2.24, 2.45) is 0 Å². The number of hydrogen-bond acceptors (Lipinski definition) is 3. The summed E-state index contributed by atoms with van der Waals surface area (Å²) in [6.07, 6.45) is 0. The smallest absolute Gasteiger partial charge is 0.145 e. The molecule has 0 saturated carbocycles. The second kappa shape index (κ2) is 8.28. The van der Waals surface area contributed by atoms with Crippen LogP contribution in [0.15, 0.2) is 147 Å². The van der Waals surface area contributed by atoms with Crippen molar-refractivity contribution >= 4 is 142 Å². The van der Waals surface area contributed by atoms with Crippen molar-refractivity contribution in [3.8, 4) is 0 Å². The predicted octanol–water partition coefficient (Wildman–Crippen LogP) is 13.7. The molecule has 5 nitrogen and oxygen atoms in total. The molecule has 0 aliphatic heterocycles. The molecule has 0 fully saturated rings. The Bertz CT molecular complexity index is 4150. The third-order valence-electron chi connectivity index (χ3n) is 12.3. The quantitative estimate of drug-likeness (QED) is 0.161. The Morgan fingerprint density at radius 2 is 0.830 bits per heavy atom. The fourth-order valence-electron chi connectivity index (χ4n) is 10.4. The van der Waals surface area contributed by atoms with E-state index in [-0.39, 0.29) is 0 Å². The third kappa shape index (κ3) is 2.71. The van der Waals surface area contributed by atoms with Gasteiger partial charge in [0.05, 0.1) is 38.5 Å². The molecular formula is C48H22N2O3. The predicted molar refractivity (Wildman–Crippen MR) is 218 cm³/mol. The molecule has 15 aromatic rings. The normalized spacial score (nSPS) is 13.3. The zero-order chi connectivity index (χ0) is 33.8. The molecule has 0 aliphatic carbocycles. The molecule has 0 N–H and O–H groups in total. The molecule has 0 atom stereocenters. The molecule has 5 heteroatoms. The topological polar surface area (TPSA) is 48.2 Å². The van der Waals surface area contributed by atoms with Crippen molar-refractivity contribution in [3.63, 3.8) is 0 Å². The van der Waals surface area contributed by atoms with Gasteiger partial charge < -0.3 is 22.1 Å². The highest BCUT2D eigenvalue weighted by Gasteiger charge is 2.28. The number of aromatic nitrogens is 2. The van der Waals surface area contributed by atoms with Crippen molar-refractivity contribution in [1.82, 2.24) is 8.80 Å². The minimum atomic E-state index is 0.888. The Hall–Kier alpha value is -7.24. The van der Waals surface area contributed by atoms with E-state index in [1.54, 1.807) is 0 Å². The molecular weight excluding hydrogens is 653 g/mol. The van der Waals surface area contributed by atoms with Crippen LogP contribution < -0.4 is 0 Å². The fourth-order valence-corrected chi connectivity index (χ4v) is 10.4. The maximum absolute atomic E-state index is 6.81. The van der Waals surface area contributed by atoms with Crippen LogP contribution in [0.1, 0.15) is 0 Å². The Balaban J connectivity index is 1.20. The lowest BCUT2D eigenvalue weighted by atomic mass is 10.00. The van der Waals surface area contributed by atoms with E-state index in [4.69, 9.17) is 13.3 Å². The number of rotatable bonds is 0. The number of hydrogen-bond donors (Lipinski definition) is 0. The number of fused-ring (bicyclic) bond motifs is 24. The molecule has 15 rings (SSSR count). The Kier molecular flexibility index (Phi) is 4.01. The summed E-state index contributed by atoms with van der Waals surface area (Å²) in [6.45, 7) is 0. The van der Waals surface area contributed by atoms with Gasteiger partial charge in [-0.1, -0.05) is 72.8 Å². The highest BCUT2D eigenvalue weighted by Crippen LogP contribution is 2.51. The molecule has 53 heavy (non-hydrogen) atoms. The van der Waals surface area contributed by atoms with E-state index in [0.29, 0.717) is 0 Å². The first-order valence-electron chi connectivity index (χ1n) is 18.1. The largest absolute Gasteiger partial charge is 0.456 e. The van der Waals surface area contributed by atoms with Crippen LogP contribution in [-0.4, -0.2) is 8.80 Å². The number of furan rings is 3. The van der Waals surface area contributed by atoms with Gasteiger partial charge in [0, 0.05) is 70.0 Å². The molecule has 0 saturated heterocycles. The van der Waals surface area contributed by atoms with E-state index < -0.39 is 0 Å². The minimum absolute atomic E-state index is 0.888. The average Bonchev–Trinajstić information content (AvgIpc) is 4.05. The maximum atomic E-state index is 6.81. The van der Waals surface area contributed by atoms with Crippen LogP contribution in [0, 0.1) is 0 Å². The van der Waals surface area contributed by atoms with E-state index in [0.717, 1.165) is 71.3 Å². The average molecular weight is 675 g/mol. The monoisotopic (exact) mass is 674 g/mol. The molecule has 8 aromatic carbocycles. The first kappa shape index (κ1) is 25.7.